The topological polar surface area (TPSA) is 97.6 Å². The lowest BCUT2D eigenvalue weighted by Gasteiger charge is -2.26. The lowest BCUT2D eigenvalue weighted by Crippen LogP contribution is -2.26. The predicted octanol–water partition coefficient (Wildman–Crippen LogP) is 7.20. The number of aromatic nitrogens is 3. The highest BCUT2D eigenvalue weighted by atomic mass is 16.5. The minimum Gasteiger partial charge on any atom is -0.507 e. The van der Waals surface area contributed by atoms with Gasteiger partial charge in [-0.1, -0.05) is 69.1 Å². The quantitative estimate of drug-likeness (QED) is 0.223. The van der Waals surface area contributed by atoms with Gasteiger partial charge in [0.2, 0.25) is 0 Å². The average molecular weight is 536 g/mol. The molecule has 0 radical (unpaired) electrons. The van der Waals surface area contributed by atoms with Crippen molar-refractivity contribution in [1.29, 1.82) is 0 Å². The van der Waals surface area contributed by atoms with Crippen LogP contribution in [0.15, 0.2) is 42.7 Å². The van der Waals surface area contributed by atoms with Gasteiger partial charge >= 0.3 is 0 Å². The molecule has 3 aromatic rings. The van der Waals surface area contributed by atoms with E-state index >= 15 is 0 Å². The Morgan fingerprint density at radius 1 is 0.949 bits per heavy atom. The summed E-state index contributed by atoms with van der Waals surface area (Å²) in [5, 5.41) is 19.6. The van der Waals surface area contributed by atoms with Crippen LogP contribution in [0.1, 0.15) is 82.8 Å². The number of aryl methyl sites for hydroxylation is 2. The first-order chi connectivity index (χ1) is 18.9. The molecule has 1 saturated heterocycles. The van der Waals surface area contributed by atoms with Crippen LogP contribution in [0.4, 0.5) is 0 Å². The maximum Gasteiger partial charge on any atom is 0.167 e. The van der Waals surface area contributed by atoms with E-state index in [1.165, 1.54) is 70.2 Å². The SMILES string of the molecule is CCCCCCCCCC1CCO1.Cc1cc(C)cc(-c2ncnc(-c3ccc(OCC(C)O)cc3O)n2)c1. The van der Waals surface area contributed by atoms with E-state index in [2.05, 4.69) is 27.9 Å². The van der Waals surface area contributed by atoms with Crippen LogP contribution in [0.5, 0.6) is 11.5 Å². The standard InChI is InChI=1S/C20H21N3O3.C12H24O/c1-12-6-13(2)8-15(7-12)19-21-11-22-20(23-19)17-5-4-16(9-18(17)25)26-10-14(3)24;1-2-3-4-5-6-7-8-9-12-10-11-13-12/h4-9,11,14,24-25H,10H2,1-3H3;12H,2-11H2,1H3. The number of aliphatic hydroxyl groups is 1. The molecular formula is C32H45N3O4. The number of rotatable bonds is 13. The molecule has 212 valence electrons. The fraction of sp³-hybridized carbons (Fsp3) is 0.531. The molecule has 0 amide bonds. The van der Waals surface area contributed by atoms with Crippen molar-refractivity contribution >= 4 is 0 Å². The summed E-state index contributed by atoms with van der Waals surface area (Å²) in [5.74, 6) is 1.41. The van der Waals surface area contributed by atoms with Gasteiger partial charge in [-0.25, -0.2) is 15.0 Å². The van der Waals surface area contributed by atoms with Gasteiger partial charge < -0.3 is 19.7 Å². The van der Waals surface area contributed by atoms with E-state index < -0.39 is 6.10 Å². The van der Waals surface area contributed by atoms with Crippen molar-refractivity contribution in [2.75, 3.05) is 13.2 Å². The van der Waals surface area contributed by atoms with Crippen molar-refractivity contribution in [3.8, 4) is 34.3 Å². The van der Waals surface area contributed by atoms with Crippen molar-refractivity contribution in [1.82, 2.24) is 15.0 Å². The normalized spacial score (nSPS) is 15.2. The number of nitrogens with zero attached hydrogens (tertiary/aromatic N) is 3. The Labute approximate surface area is 233 Å². The summed E-state index contributed by atoms with van der Waals surface area (Å²) in [6.07, 6.45) is 14.0. The molecule has 1 aromatic heterocycles. The third-order valence-corrected chi connectivity index (χ3v) is 6.68. The van der Waals surface area contributed by atoms with Gasteiger partial charge in [0.05, 0.1) is 17.8 Å². The Morgan fingerprint density at radius 2 is 1.62 bits per heavy atom. The molecule has 1 aliphatic rings. The molecule has 0 spiro atoms. The van der Waals surface area contributed by atoms with Crippen LogP contribution in [0.25, 0.3) is 22.8 Å². The van der Waals surface area contributed by atoms with E-state index in [9.17, 15) is 10.2 Å². The molecule has 2 N–H and O–H groups in total. The molecule has 2 unspecified atom stereocenters. The van der Waals surface area contributed by atoms with Crippen molar-refractivity contribution in [2.45, 2.75) is 97.7 Å². The van der Waals surface area contributed by atoms with Crippen molar-refractivity contribution in [2.24, 2.45) is 0 Å². The van der Waals surface area contributed by atoms with Gasteiger partial charge in [-0.3, -0.25) is 0 Å². The van der Waals surface area contributed by atoms with Crippen molar-refractivity contribution in [3.05, 3.63) is 53.9 Å². The van der Waals surface area contributed by atoms with E-state index in [0.717, 1.165) is 23.3 Å². The summed E-state index contributed by atoms with van der Waals surface area (Å²) in [4.78, 5) is 12.9. The second-order valence-corrected chi connectivity index (χ2v) is 10.5. The largest absolute Gasteiger partial charge is 0.507 e. The Balaban J connectivity index is 0.000000272. The Morgan fingerprint density at radius 3 is 2.23 bits per heavy atom. The maximum atomic E-state index is 10.3. The Hall–Kier alpha value is -3.03. The van der Waals surface area contributed by atoms with Gasteiger partial charge in [0.25, 0.3) is 0 Å². The van der Waals surface area contributed by atoms with Crippen LogP contribution in [-0.2, 0) is 4.74 Å². The fourth-order valence-corrected chi connectivity index (χ4v) is 4.52. The number of phenolic OH excluding ortho intramolecular Hbond substituents is 1. The van der Waals surface area contributed by atoms with E-state index in [4.69, 9.17) is 9.47 Å². The molecule has 39 heavy (non-hydrogen) atoms. The molecule has 1 fully saturated rings. The van der Waals surface area contributed by atoms with E-state index in [1.54, 1.807) is 19.1 Å². The number of hydrogen-bond acceptors (Lipinski definition) is 7. The number of aromatic hydroxyl groups is 1. The highest BCUT2D eigenvalue weighted by molar-refractivity contribution is 5.67. The summed E-state index contributed by atoms with van der Waals surface area (Å²) >= 11 is 0. The Kier molecular flexibility index (Phi) is 12.6. The molecule has 2 heterocycles. The smallest absolute Gasteiger partial charge is 0.167 e. The van der Waals surface area contributed by atoms with Gasteiger partial charge in [-0.15, -0.1) is 0 Å². The highest BCUT2D eigenvalue weighted by Crippen LogP contribution is 2.31. The molecular weight excluding hydrogens is 490 g/mol. The molecule has 1 aliphatic heterocycles. The van der Waals surface area contributed by atoms with Gasteiger partial charge in [0.1, 0.15) is 24.4 Å². The minimum absolute atomic E-state index is 0.00525. The van der Waals surface area contributed by atoms with Crippen LogP contribution in [0.3, 0.4) is 0 Å². The van der Waals surface area contributed by atoms with Gasteiger partial charge in [0.15, 0.2) is 11.6 Å². The summed E-state index contributed by atoms with van der Waals surface area (Å²) in [7, 11) is 0. The first-order valence-electron chi connectivity index (χ1n) is 14.4. The second kappa shape index (κ2) is 16.2. The molecule has 4 rings (SSSR count). The van der Waals surface area contributed by atoms with Crippen LogP contribution in [0, 0.1) is 13.8 Å². The van der Waals surface area contributed by atoms with Crippen LogP contribution in [0.2, 0.25) is 0 Å². The second-order valence-electron chi connectivity index (χ2n) is 10.5. The number of phenols is 1. The van der Waals surface area contributed by atoms with E-state index in [1.807, 2.05) is 26.0 Å². The summed E-state index contributed by atoms with van der Waals surface area (Å²) < 4.78 is 10.8. The molecule has 7 nitrogen and oxygen atoms in total. The molecule has 0 bridgehead atoms. The van der Waals surface area contributed by atoms with E-state index in [-0.39, 0.29) is 12.4 Å². The number of ether oxygens (including phenoxy) is 2. The zero-order valence-electron chi connectivity index (χ0n) is 24.0. The number of benzene rings is 2. The first-order valence-corrected chi connectivity index (χ1v) is 14.4. The van der Waals surface area contributed by atoms with Crippen molar-refractivity contribution < 1.29 is 19.7 Å². The summed E-state index contributed by atoms with van der Waals surface area (Å²) in [6, 6.07) is 11.0. The predicted molar refractivity (Wildman–Crippen MR) is 156 cm³/mol. The molecule has 0 saturated carbocycles. The lowest BCUT2D eigenvalue weighted by atomic mass is 10.0. The first kappa shape index (κ1) is 30.5. The molecule has 2 atom stereocenters. The summed E-state index contributed by atoms with van der Waals surface area (Å²) in [5.41, 5.74) is 3.65. The maximum absolute atomic E-state index is 10.3. The zero-order valence-corrected chi connectivity index (χ0v) is 24.0. The van der Waals surface area contributed by atoms with Crippen LogP contribution < -0.4 is 4.74 Å². The number of hydrogen-bond donors (Lipinski definition) is 2. The third kappa shape index (κ3) is 10.6. The minimum atomic E-state index is -0.583. The number of unbranched alkanes of at least 4 members (excludes halogenated alkanes) is 6. The van der Waals surface area contributed by atoms with Gasteiger partial charge in [0, 0.05) is 18.2 Å². The van der Waals surface area contributed by atoms with Crippen molar-refractivity contribution in [3.63, 3.8) is 0 Å². The van der Waals surface area contributed by atoms with Crippen LogP contribution >= 0.6 is 0 Å². The van der Waals surface area contributed by atoms with Gasteiger partial charge in [-0.2, -0.15) is 0 Å². The molecule has 7 heteroatoms. The lowest BCUT2D eigenvalue weighted by molar-refractivity contribution is -0.0555. The van der Waals surface area contributed by atoms with Gasteiger partial charge in [-0.05, 0) is 57.9 Å². The molecule has 0 aliphatic carbocycles. The molecule has 2 aromatic carbocycles. The monoisotopic (exact) mass is 535 g/mol. The fourth-order valence-electron chi connectivity index (χ4n) is 4.52. The number of aliphatic hydroxyl groups excluding tert-OH is 1. The zero-order chi connectivity index (χ0) is 28.0. The third-order valence-electron chi connectivity index (χ3n) is 6.68. The summed E-state index contributed by atoms with van der Waals surface area (Å²) in [6.45, 7) is 9.12. The van der Waals surface area contributed by atoms with E-state index in [0.29, 0.717) is 29.1 Å². The average Bonchev–Trinajstić information content (AvgIpc) is 2.88. The van der Waals surface area contributed by atoms with Crippen LogP contribution in [-0.4, -0.2) is 50.6 Å². The highest BCUT2D eigenvalue weighted by Gasteiger charge is 2.16. The Bertz CT molecular complexity index is 1130.